The summed E-state index contributed by atoms with van der Waals surface area (Å²) < 4.78 is 0. The molecule has 1 unspecified atom stereocenters. The second-order valence-electron chi connectivity index (χ2n) is 9.50. The summed E-state index contributed by atoms with van der Waals surface area (Å²) in [7, 11) is 0. The van der Waals surface area contributed by atoms with Crippen LogP contribution in [-0.2, 0) is 17.9 Å². The minimum absolute atomic E-state index is 0.464. The van der Waals surface area contributed by atoms with Crippen molar-refractivity contribution in [1.82, 2.24) is 4.90 Å². The molecule has 2 atom stereocenters. The Kier molecular flexibility index (Phi) is 9.14. The first kappa shape index (κ1) is 22.7. The van der Waals surface area contributed by atoms with E-state index in [9.17, 15) is 4.79 Å². The Morgan fingerprint density at radius 2 is 1.43 bits per heavy atom. The number of ketones is 1. The quantitative estimate of drug-likeness (QED) is 0.400. The first-order valence-electron chi connectivity index (χ1n) is 12.0. The molecule has 162 valence electrons. The minimum Gasteiger partial charge on any atom is -0.300 e. The van der Waals surface area contributed by atoms with Crippen LogP contribution in [0.3, 0.4) is 0 Å². The fourth-order valence-electron chi connectivity index (χ4n) is 4.85. The first-order chi connectivity index (χ1) is 14.6. The van der Waals surface area contributed by atoms with E-state index in [1.54, 1.807) is 0 Å². The highest BCUT2D eigenvalue weighted by atomic mass is 16.1. The van der Waals surface area contributed by atoms with Crippen molar-refractivity contribution in [2.45, 2.75) is 84.3 Å². The van der Waals surface area contributed by atoms with Gasteiger partial charge in [0.25, 0.3) is 0 Å². The lowest BCUT2D eigenvalue weighted by atomic mass is 9.80. The Labute approximate surface area is 183 Å². The molecule has 0 saturated heterocycles. The fourth-order valence-corrected chi connectivity index (χ4v) is 4.85. The van der Waals surface area contributed by atoms with Gasteiger partial charge in [0.1, 0.15) is 5.78 Å². The predicted octanol–water partition coefficient (Wildman–Crippen LogP) is 7.03. The van der Waals surface area contributed by atoms with Gasteiger partial charge in [0.15, 0.2) is 0 Å². The van der Waals surface area contributed by atoms with Crippen LogP contribution in [0.25, 0.3) is 0 Å². The molecular weight excluding hydrogens is 366 g/mol. The summed E-state index contributed by atoms with van der Waals surface area (Å²) in [5, 5.41) is 0. The van der Waals surface area contributed by atoms with Crippen molar-refractivity contribution in [2.75, 3.05) is 0 Å². The number of hydrogen-bond acceptors (Lipinski definition) is 2. The van der Waals surface area contributed by atoms with E-state index in [1.165, 1.54) is 36.8 Å². The van der Waals surface area contributed by atoms with Crippen LogP contribution in [0.2, 0.25) is 0 Å². The van der Waals surface area contributed by atoms with Gasteiger partial charge in [-0.3, -0.25) is 9.69 Å². The molecule has 1 saturated carbocycles. The predicted molar refractivity (Wildman–Crippen MR) is 126 cm³/mol. The standard InChI is InChI=1S/C28H39NO/c1-23(2)17-19-27(30)20-18-26-15-9-10-16-28(26)29(21-24-11-5-3-6-12-24)22-25-13-7-4-8-14-25/h3-8,11-14,23,26,28H,9-10,15-22H2,1-2H3/t26?,28-/m0/s1. The average Bonchev–Trinajstić information content (AvgIpc) is 2.77. The van der Waals surface area contributed by atoms with E-state index in [0.29, 0.717) is 23.7 Å². The van der Waals surface area contributed by atoms with Gasteiger partial charge in [-0.25, -0.2) is 0 Å². The molecule has 0 aliphatic heterocycles. The molecule has 2 aromatic carbocycles. The van der Waals surface area contributed by atoms with E-state index in [2.05, 4.69) is 79.4 Å². The molecule has 3 rings (SSSR count). The Morgan fingerprint density at radius 1 is 0.867 bits per heavy atom. The molecule has 2 nitrogen and oxygen atoms in total. The third-order valence-electron chi connectivity index (χ3n) is 6.59. The first-order valence-corrected chi connectivity index (χ1v) is 12.0. The maximum Gasteiger partial charge on any atom is 0.132 e. The van der Waals surface area contributed by atoms with Gasteiger partial charge >= 0.3 is 0 Å². The normalized spacial score (nSPS) is 19.3. The maximum atomic E-state index is 12.4. The zero-order valence-electron chi connectivity index (χ0n) is 18.9. The van der Waals surface area contributed by atoms with Crippen LogP contribution >= 0.6 is 0 Å². The molecule has 30 heavy (non-hydrogen) atoms. The van der Waals surface area contributed by atoms with Gasteiger partial charge in [-0.1, -0.05) is 87.4 Å². The van der Waals surface area contributed by atoms with Crippen molar-refractivity contribution in [2.24, 2.45) is 11.8 Å². The Bertz CT molecular complexity index is 698. The van der Waals surface area contributed by atoms with E-state index in [1.807, 2.05) is 0 Å². The molecule has 0 radical (unpaired) electrons. The maximum absolute atomic E-state index is 12.4. The third-order valence-corrected chi connectivity index (χ3v) is 6.59. The topological polar surface area (TPSA) is 20.3 Å². The lowest BCUT2D eigenvalue weighted by Gasteiger charge is -2.40. The highest BCUT2D eigenvalue weighted by molar-refractivity contribution is 5.78. The van der Waals surface area contributed by atoms with Gasteiger partial charge < -0.3 is 0 Å². The largest absolute Gasteiger partial charge is 0.300 e. The molecule has 1 aliphatic rings. The highest BCUT2D eigenvalue weighted by Gasteiger charge is 2.30. The second-order valence-corrected chi connectivity index (χ2v) is 9.50. The number of nitrogens with zero attached hydrogens (tertiary/aromatic N) is 1. The summed E-state index contributed by atoms with van der Waals surface area (Å²) in [6.45, 7) is 6.38. The highest BCUT2D eigenvalue weighted by Crippen LogP contribution is 2.34. The summed E-state index contributed by atoms with van der Waals surface area (Å²) in [5.74, 6) is 1.71. The number of Topliss-reactive ketones (excluding diaryl/α,β-unsaturated/α-hetero) is 1. The van der Waals surface area contributed by atoms with Crippen molar-refractivity contribution in [3.63, 3.8) is 0 Å². The van der Waals surface area contributed by atoms with Gasteiger partial charge in [-0.2, -0.15) is 0 Å². The van der Waals surface area contributed by atoms with E-state index >= 15 is 0 Å². The zero-order valence-corrected chi connectivity index (χ0v) is 18.9. The number of hydrogen-bond donors (Lipinski definition) is 0. The monoisotopic (exact) mass is 405 g/mol. The summed E-state index contributed by atoms with van der Waals surface area (Å²) in [6, 6.07) is 22.3. The SMILES string of the molecule is CC(C)CCC(=O)CCC1CCCC[C@@H]1N(Cc1ccccc1)Cc1ccccc1. The fraction of sp³-hybridized carbons (Fsp3) is 0.536. The molecule has 0 amide bonds. The van der Waals surface area contributed by atoms with Crippen LogP contribution in [0.5, 0.6) is 0 Å². The van der Waals surface area contributed by atoms with Crippen molar-refractivity contribution in [1.29, 1.82) is 0 Å². The lowest BCUT2D eigenvalue weighted by Crippen LogP contribution is -2.42. The van der Waals surface area contributed by atoms with E-state index in [0.717, 1.165) is 38.8 Å². The van der Waals surface area contributed by atoms with Gasteiger partial charge in [0, 0.05) is 32.0 Å². The Balaban J connectivity index is 1.69. The minimum atomic E-state index is 0.464. The second kappa shape index (κ2) is 12.1. The van der Waals surface area contributed by atoms with E-state index < -0.39 is 0 Å². The Hall–Kier alpha value is -1.93. The smallest absolute Gasteiger partial charge is 0.132 e. The number of rotatable bonds is 11. The summed E-state index contributed by atoms with van der Waals surface area (Å²) in [6.07, 6.45) is 8.75. The van der Waals surface area contributed by atoms with E-state index in [4.69, 9.17) is 0 Å². The zero-order chi connectivity index (χ0) is 21.2. The van der Waals surface area contributed by atoms with Crippen LogP contribution in [0.15, 0.2) is 60.7 Å². The molecule has 0 heterocycles. The number of benzene rings is 2. The van der Waals surface area contributed by atoms with Gasteiger partial charge in [-0.05, 0) is 48.6 Å². The number of carbonyl (C=O) groups excluding carboxylic acids is 1. The molecule has 0 spiro atoms. The van der Waals surface area contributed by atoms with Gasteiger partial charge in [0.05, 0.1) is 0 Å². The van der Waals surface area contributed by atoms with Crippen molar-refractivity contribution < 1.29 is 4.79 Å². The lowest BCUT2D eigenvalue weighted by molar-refractivity contribution is -0.119. The molecule has 1 fully saturated rings. The Morgan fingerprint density at radius 3 is 2.00 bits per heavy atom. The molecule has 2 heteroatoms. The number of carbonyl (C=O) groups is 1. The van der Waals surface area contributed by atoms with Crippen molar-refractivity contribution in [3.8, 4) is 0 Å². The summed E-state index contributed by atoms with van der Waals surface area (Å²) in [4.78, 5) is 15.1. The molecule has 0 N–H and O–H groups in total. The van der Waals surface area contributed by atoms with Crippen LogP contribution in [0, 0.1) is 11.8 Å². The van der Waals surface area contributed by atoms with Crippen molar-refractivity contribution >= 4 is 5.78 Å². The summed E-state index contributed by atoms with van der Waals surface area (Å²) >= 11 is 0. The van der Waals surface area contributed by atoms with E-state index in [-0.39, 0.29) is 0 Å². The summed E-state index contributed by atoms with van der Waals surface area (Å²) in [5.41, 5.74) is 2.76. The average molecular weight is 406 g/mol. The van der Waals surface area contributed by atoms with Gasteiger partial charge in [0.2, 0.25) is 0 Å². The molecule has 2 aromatic rings. The van der Waals surface area contributed by atoms with Crippen LogP contribution in [0.4, 0.5) is 0 Å². The molecular formula is C28H39NO. The van der Waals surface area contributed by atoms with Crippen molar-refractivity contribution in [3.05, 3.63) is 71.8 Å². The van der Waals surface area contributed by atoms with Crippen LogP contribution in [-0.4, -0.2) is 16.7 Å². The van der Waals surface area contributed by atoms with Crippen LogP contribution < -0.4 is 0 Å². The molecule has 1 aliphatic carbocycles. The third kappa shape index (κ3) is 7.40. The molecule has 0 aromatic heterocycles. The van der Waals surface area contributed by atoms with Crippen LogP contribution in [0.1, 0.15) is 76.3 Å². The molecule has 0 bridgehead atoms. The van der Waals surface area contributed by atoms with Gasteiger partial charge in [-0.15, -0.1) is 0 Å².